The van der Waals surface area contributed by atoms with Crippen LogP contribution in [0, 0.1) is 5.82 Å². The first-order valence-corrected chi connectivity index (χ1v) is 11.0. The molecule has 32 heavy (non-hydrogen) atoms. The summed E-state index contributed by atoms with van der Waals surface area (Å²) in [5.74, 6) is -0.477. The lowest BCUT2D eigenvalue weighted by Crippen LogP contribution is -2.32. The third kappa shape index (κ3) is 5.46. The molecule has 0 saturated heterocycles. The molecule has 0 aromatic heterocycles. The second-order valence-corrected chi connectivity index (χ2v) is 8.28. The highest BCUT2D eigenvalue weighted by Gasteiger charge is 2.23. The van der Waals surface area contributed by atoms with Gasteiger partial charge in [-0.05, 0) is 66.6 Å². The Kier molecular flexibility index (Phi) is 7.85. The van der Waals surface area contributed by atoms with Gasteiger partial charge in [-0.25, -0.2) is 9.18 Å². The Hall–Kier alpha value is -2.93. The van der Waals surface area contributed by atoms with E-state index in [1.165, 1.54) is 17.9 Å². The lowest BCUT2D eigenvalue weighted by molar-refractivity contribution is -0.116. The van der Waals surface area contributed by atoms with Gasteiger partial charge < -0.3 is 19.7 Å². The highest BCUT2D eigenvalue weighted by atomic mass is 35.5. The van der Waals surface area contributed by atoms with Crippen LogP contribution in [0.1, 0.15) is 37.3 Å². The Morgan fingerprint density at radius 1 is 1.22 bits per heavy atom. The zero-order valence-corrected chi connectivity index (χ0v) is 18.7. The third-order valence-electron chi connectivity index (χ3n) is 5.72. The molecule has 170 valence electrons. The van der Waals surface area contributed by atoms with Crippen molar-refractivity contribution in [3.63, 3.8) is 0 Å². The summed E-state index contributed by atoms with van der Waals surface area (Å²) in [5, 5.41) is 9.69. The number of carboxylic acid groups (broad SMARTS) is 1. The largest absolute Gasteiger partial charge is 0.465 e. The Labute approximate surface area is 191 Å². The number of nitrogens with zero attached hydrogens (tertiary/aromatic N) is 2. The summed E-state index contributed by atoms with van der Waals surface area (Å²) in [6.45, 7) is 2.68. The summed E-state index contributed by atoms with van der Waals surface area (Å²) in [6, 6.07) is 8.44. The molecule has 0 spiro atoms. The van der Waals surface area contributed by atoms with Gasteiger partial charge in [0, 0.05) is 49.3 Å². The van der Waals surface area contributed by atoms with E-state index in [1.807, 2.05) is 12.1 Å². The van der Waals surface area contributed by atoms with E-state index in [0.717, 1.165) is 17.5 Å². The van der Waals surface area contributed by atoms with Crippen molar-refractivity contribution in [3.05, 3.63) is 52.3 Å². The minimum Gasteiger partial charge on any atom is -0.465 e. The van der Waals surface area contributed by atoms with Gasteiger partial charge in [-0.1, -0.05) is 17.7 Å². The number of carbonyl (C=O) groups is 3. The number of unbranched alkanes of at least 4 members (excludes halogenated alkanes) is 2. The van der Waals surface area contributed by atoms with Crippen LogP contribution >= 0.6 is 11.6 Å². The first kappa shape index (κ1) is 23.7. The smallest absolute Gasteiger partial charge is 0.407 e. The van der Waals surface area contributed by atoms with Gasteiger partial charge >= 0.3 is 6.09 Å². The number of hydrogen-bond donors (Lipinski definition) is 1. The molecule has 0 bridgehead atoms. The zero-order valence-electron chi connectivity index (χ0n) is 17.9. The maximum absolute atomic E-state index is 14.8. The molecule has 0 unspecified atom stereocenters. The standard InChI is InChI=1S/C24H26ClFN2O4/c1-16(30)28-11-8-19-13-17(5-6-23(19)28)20-14-18(21(25)15-22(20)26)7-10-27(24(31)32)9-3-2-4-12-29/h5-6,12-15H,2-4,7-11H2,1H3,(H,31,32). The van der Waals surface area contributed by atoms with Crippen LogP contribution in [-0.4, -0.2) is 47.9 Å². The summed E-state index contributed by atoms with van der Waals surface area (Å²) in [5.41, 5.74) is 3.58. The van der Waals surface area contributed by atoms with Crippen molar-refractivity contribution >= 4 is 35.6 Å². The highest BCUT2D eigenvalue weighted by molar-refractivity contribution is 6.31. The number of carbonyl (C=O) groups excluding carboxylic acids is 2. The molecule has 6 nitrogen and oxygen atoms in total. The Morgan fingerprint density at radius 3 is 2.69 bits per heavy atom. The van der Waals surface area contributed by atoms with Crippen molar-refractivity contribution in [1.29, 1.82) is 0 Å². The fourth-order valence-corrected chi connectivity index (χ4v) is 4.24. The van der Waals surface area contributed by atoms with Crippen molar-refractivity contribution in [2.45, 2.75) is 39.0 Å². The summed E-state index contributed by atoms with van der Waals surface area (Å²) in [4.78, 5) is 36.7. The van der Waals surface area contributed by atoms with Crippen LogP contribution in [0.15, 0.2) is 30.3 Å². The Balaban J connectivity index is 1.78. The number of anilines is 1. The van der Waals surface area contributed by atoms with Crippen molar-refractivity contribution in [1.82, 2.24) is 4.90 Å². The Bertz CT molecular complexity index is 1030. The summed E-state index contributed by atoms with van der Waals surface area (Å²) >= 11 is 6.26. The molecule has 0 atom stereocenters. The molecule has 2 amide bonds. The molecule has 1 aliphatic rings. The molecule has 1 heterocycles. The van der Waals surface area contributed by atoms with Crippen LogP contribution in [0.2, 0.25) is 5.02 Å². The van der Waals surface area contributed by atoms with Gasteiger partial charge in [-0.3, -0.25) is 4.79 Å². The van der Waals surface area contributed by atoms with Gasteiger partial charge in [-0.15, -0.1) is 0 Å². The van der Waals surface area contributed by atoms with E-state index in [0.29, 0.717) is 61.9 Å². The molecule has 0 radical (unpaired) electrons. The zero-order chi connectivity index (χ0) is 23.3. The van der Waals surface area contributed by atoms with Crippen molar-refractivity contribution in [3.8, 4) is 11.1 Å². The van der Waals surface area contributed by atoms with Gasteiger partial charge in [0.2, 0.25) is 5.91 Å². The van der Waals surface area contributed by atoms with E-state index < -0.39 is 11.9 Å². The van der Waals surface area contributed by atoms with E-state index in [1.54, 1.807) is 17.0 Å². The lowest BCUT2D eigenvalue weighted by atomic mass is 9.98. The predicted octanol–water partition coefficient (Wildman–Crippen LogP) is 4.95. The van der Waals surface area contributed by atoms with E-state index in [4.69, 9.17) is 11.6 Å². The molecular weight excluding hydrogens is 435 g/mol. The molecular formula is C24H26ClFN2O4. The van der Waals surface area contributed by atoms with Crippen LogP contribution in [-0.2, 0) is 22.4 Å². The SMILES string of the molecule is CC(=O)N1CCc2cc(-c3cc(CCN(CCCCC=O)C(=O)O)c(Cl)cc3F)ccc21. The maximum atomic E-state index is 14.8. The topological polar surface area (TPSA) is 77.9 Å². The summed E-state index contributed by atoms with van der Waals surface area (Å²) in [7, 11) is 0. The number of fused-ring (bicyclic) bond motifs is 1. The van der Waals surface area contributed by atoms with Gasteiger partial charge in [0.25, 0.3) is 0 Å². The molecule has 0 saturated carbocycles. The third-order valence-corrected chi connectivity index (χ3v) is 6.08. The molecule has 8 heteroatoms. The predicted molar refractivity (Wildman–Crippen MR) is 122 cm³/mol. The normalized spacial score (nSPS) is 12.5. The molecule has 0 aliphatic carbocycles. The average molecular weight is 461 g/mol. The number of amides is 2. The average Bonchev–Trinajstić information content (AvgIpc) is 3.17. The van der Waals surface area contributed by atoms with E-state index >= 15 is 0 Å². The number of halogens is 2. The highest BCUT2D eigenvalue weighted by Crippen LogP contribution is 2.35. The quantitative estimate of drug-likeness (QED) is 0.424. The fraction of sp³-hybridized carbons (Fsp3) is 0.375. The fourth-order valence-electron chi connectivity index (χ4n) is 3.99. The molecule has 3 rings (SSSR count). The Morgan fingerprint density at radius 2 is 2.00 bits per heavy atom. The molecule has 1 N–H and O–H groups in total. The minimum atomic E-state index is -1.04. The van der Waals surface area contributed by atoms with E-state index in [-0.39, 0.29) is 17.5 Å². The van der Waals surface area contributed by atoms with Crippen LogP contribution in [0.4, 0.5) is 14.9 Å². The number of aldehydes is 1. The van der Waals surface area contributed by atoms with Gasteiger partial charge in [0.1, 0.15) is 12.1 Å². The maximum Gasteiger partial charge on any atom is 0.407 e. The molecule has 2 aromatic carbocycles. The number of hydrogen-bond acceptors (Lipinski definition) is 3. The second-order valence-electron chi connectivity index (χ2n) is 7.87. The van der Waals surface area contributed by atoms with Crippen LogP contribution < -0.4 is 4.90 Å². The number of benzene rings is 2. The minimum absolute atomic E-state index is 0.0226. The molecule has 1 aliphatic heterocycles. The monoisotopic (exact) mass is 460 g/mol. The summed E-state index contributed by atoms with van der Waals surface area (Å²) < 4.78 is 14.8. The first-order valence-electron chi connectivity index (χ1n) is 10.6. The van der Waals surface area contributed by atoms with E-state index in [2.05, 4.69) is 0 Å². The second kappa shape index (κ2) is 10.6. The van der Waals surface area contributed by atoms with Crippen LogP contribution in [0.5, 0.6) is 0 Å². The van der Waals surface area contributed by atoms with Crippen LogP contribution in [0.25, 0.3) is 11.1 Å². The van der Waals surface area contributed by atoms with E-state index in [9.17, 15) is 23.9 Å². The summed E-state index contributed by atoms with van der Waals surface area (Å²) in [6.07, 6.45) is 2.47. The van der Waals surface area contributed by atoms with Crippen molar-refractivity contribution < 1.29 is 23.9 Å². The molecule has 0 fully saturated rings. The van der Waals surface area contributed by atoms with Gasteiger partial charge in [0.15, 0.2) is 0 Å². The number of rotatable bonds is 9. The molecule has 2 aromatic rings. The van der Waals surface area contributed by atoms with Gasteiger partial charge in [0.05, 0.1) is 0 Å². The lowest BCUT2D eigenvalue weighted by Gasteiger charge is -2.20. The van der Waals surface area contributed by atoms with Crippen LogP contribution in [0.3, 0.4) is 0 Å². The van der Waals surface area contributed by atoms with Crippen molar-refractivity contribution in [2.24, 2.45) is 0 Å². The van der Waals surface area contributed by atoms with Gasteiger partial charge in [-0.2, -0.15) is 0 Å². The van der Waals surface area contributed by atoms with Crippen molar-refractivity contribution in [2.75, 3.05) is 24.5 Å². The first-order chi connectivity index (χ1) is 15.3.